The number of imidazole rings is 1. The molecule has 0 aliphatic carbocycles. The van der Waals surface area contributed by atoms with Gasteiger partial charge in [0.15, 0.2) is 11.5 Å². The van der Waals surface area contributed by atoms with Gasteiger partial charge in [-0.05, 0) is 24.3 Å². The third-order valence-corrected chi connectivity index (χ3v) is 4.86. The van der Waals surface area contributed by atoms with E-state index in [1.54, 1.807) is 0 Å². The smallest absolute Gasteiger partial charge is 0.179 e. The Morgan fingerprint density at radius 3 is 3.00 bits per heavy atom. The van der Waals surface area contributed by atoms with Gasteiger partial charge in [0.2, 0.25) is 0 Å². The molecule has 3 aromatic rings. The van der Waals surface area contributed by atoms with Gasteiger partial charge in [0.25, 0.3) is 0 Å². The second-order valence-electron chi connectivity index (χ2n) is 6.52. The summed E-state index contributed by atoms with van der Waals surface area (Å²) in [5, 5.41) is 2.94. The third kappa shape index (κ3) is 3.79. The summed E-state index contributed by atoms with van der Waals surface area (Å²) >= 11 is 6.35. The molecule has 1 aliphatic heterocycles. The van der Waals surface area contributed by atoms with E-state index in [0.29, 0.717) is 24.0 Å². The molecular weight excluding hydrogens is 350 g/mol. The van der Waals surface area contributed by atoms with Crippen molar-refractivity contribution in [3.63, 3.8) is 0 Å². The number of hydrogen-bond donors (Lipinski definition) is 1. The van der Waals surface area contributed by atoms with Crippen molar-refractivity contribution in [2.45, 2.75) is 25.9 Å². The Bertz CT molecular complexity index is 894. The SMILES string of the molecule is Clc1cc(C[NH2+]CCCn2cnc3ccccc32)cc2c1OCCCO2. The van der Waals surface area contributed by atoms with Gasteiger partial charge in [-0.3, -0.25) is 0 Å². The Morgan fingerprint density at radius 1 is 1.15 bits per heavy atom. The number of nitrogens with zero attached hydrogens (tertiary/aromatic N) is 2. The Balaban J connectivity index is 1.30. The summed E-state index contributed by atoms with van der Waals surface area (Å²) in [4.78, 5) is 4.44. The first-order valence-electron chi connectivity index (χ1n) is 9.11. The zero-order chi connectivity index (χ0) is 17.8. The van der Waals surface area contributed by atoms with Gasteiger partial charge in [-0.2, -0.15) is 0 Å². The monoisotopic (exact) mass is 372 g/mol. The summed E-state index contributed by atoms with van der Waals surface area (Å²) in [7, 11) is 0. The molecule has 1 aromatic heterocycles. The quantitative estimate of drug-likeness (QED) is 0.677. The maximum Gasteiger partial charge on any atom is 0.179 e. The van der Waals surface area contributed by atoms with Gasteiger partial charge in [0.05, 0.1) is 42.1 Å². The number of halogens is 1. The molecule has 0 fully saturated rings. The Morgan fingerprint density at radius 2 is 2.04 bits per heavy atom. The van der Waals surface area contributed by atoms with Crippen molar-refractivity contribution in [2.75, 3.05) is 19.8 Å². The van der Waals surface area contributed by atoms with E-state index < -0.39 is 0 Å². The fraction of sp³-hybridized carbons (Fsp3) is 0.350. The van der Waals surface area contributed by atoms with Gasteiger partial charge in [0.1, 0.15) is 6.54 Å². The Hall–Kier alpha value is -2.24. The van der Waals surface area contributed by atoms with Crippen molar-refractivity contribution in [3.05, 3.63) is 53.3 Å². The van der Waals surface area contributed by atoms with Gasteiger partial charge in [0, 0.05) is 24.9 Å². The van der Waals surface area contributed by atoms with Crippen LogP contribution in [0.4, 0.5) is 0 Å². The van der Waals surface area contributed by atoms with E-state index in [-0.39, 0.29) is 0 Å². The van der Waals surface area contributed by atoms with Crippen LogP contribution in [0.25, 0.3) is 11.0 Å². The highest BCUT2D eigenvalue weighted by atomic mass is 35.5. The van der Waals surface area contributed by atoms with E-state index in [1.807, 2.05) is 30.6 Å². The average Bonchev–Trinajstić information content (AvgIpc) is 2.90. The largest absolute Gasteiger partial charge is 0.489 e. The number of nitrogens with two attached hydrogens (primary N) is 1. The maximum atomic E-state index is 6.35. The maximum absolute atomic E-state index is 6.35. The second kappa shape index (κ2) is 7.98. The normalized spacial score (nSPS) is 13.7. The van der Waals surface area contributed by atoms with E-state index >= 15 is 0 Å². The van der Waals surface area contributed by atoms with Gasteiger partial charge >= 0.3 is 0 Å². The number of aryl methyl sites for hydroxylation is 1. The van der Waals surface area contributed by atoms with Crippen LogP contribution < -0.4 is 14.8 Å². The third-order valence-electron chi connectivity index (χ3n) is 4.58. The molecule has 6 heteroatoms. The molecule has 0 amide bonds. The van der Waals surface area contributed by atoms with Crippen LogP contribution in [0.2, 0.25) is 5.02 Å². The molecule has 0 atom stereocenters. The minimum absolute atomic E-state index is 0.637. The lowest BCUT2D eigenvalue weighted by molar-refractivity contribution is -0.671. The topological polar surface area (TPSA) is 52.9 Å². The van der Waals surface area contributed by atoms with Crippen molar-refractivity contribution in [2.24, 2.45) is 0 Å². The Kier molecular flexibility index (Phi) is 5.27. The molecule has 4 rings (SSSR count). The highest BCUT2D eigenvalue weighted by Crippen LogP contribution is 2.37. The van der Waals surface area contributed by atoms with E-state index in [9.17, 15) is 0 Å². The number of benzene rings is 2. The van der Waals surface area contributed by atoms with Crippen LogP contribution in [0.5, 0.6) is 11.5 Å². The first-order valence-corrected chi connectivity index (χ1v) is 9.48. The van der Waals surface area contributed by atoms with E-state index in [0.717, 1.165) is 49.3 Å². The first kappa shape index (κ1) is 17.2. The second-order valence-corrected chi connectivity index (χ2v) is 6.92. The number of aromatic nitrogens is 2. The zero-order valence-corrected chi connectivity index (χ0v) is 15.4. The van der Waals surface area contributed by atoms with Crippen molar-refractivity contribution in [1.29, 1.82) is 0 Å². The molecule has 136 valence electrons. The molecular formula is C20H23ClN3O2+. The fourth-order valence-electron chi connectivity index (χ4n) is 3.27. The summed E-state index contributed by atoms with van der Waals surface area (Å²) < 4.78 is 13.6. The van der Waals surface area contributed by atoms with E-state index in [2.05, 4.69) is 27.0 Å². The lowest BCUT2D eigenvalue weighted by Crippen LogP contribution is -2.82. The summed E-state index contributed by atoms with van der Waals surface area (Å²) in [6.07, 6.45) is 3.89. The predicted octanol–water partition coefficient (Wildman–Crippen LogP) is 3.00. The number of quaternary nitrogens is 1. The number of rotatable bonds is 6. The molecule has 0 spiro atoms. The highest BCUT2D eigenvalue weighted by molar-refractivity contribution is 6.32. The molecule has 0 bridgehead atoms. The summed E-state index contributed by atoms with van der Waals surface area (Å²) in [6, 6.07) is 12.3. The van der Waals surface area contributed by atoms with Crippen molar-refractivity contribution in [3.8, 4) is 11.5 Å². The predicted molar refractivity (Wildman–Crippen MR) is 102 cm³/mol. The van der Waals surface area contributed by atoms with Gasteiger partial charge < -0.3 is 19.4 Å². The van der Waals surface area contributed by atoms with E-state index in [4.69, 9.17) is 21.1 Å². The average molecular weight is 373 g/mol. The van der Waals surface area contributed by atoms with Crippen LogP contribution >= 0.6 is 11.6 Å². The molecule has 5 nitrogen and oxygen atoms in total. The van der Waals surface area contributed by atoms with Gasteiger partial charge in [-0.15, -0.1) is 0 Å². The molecule has 0 saturated carbocycles. The van der Waals surface area contributed by atoms with Crippen LogP contribution in [0.3, 0.4) is 0 Å². The minimum atomic E-state index is 0.637. The summed E-state index contributed by atoms with van der Waals surface area (Å²) in [5.74, 6) is 1.45. The van der Waals surface area contributed by atoms with Crippen LogP contribution in [0, 0.1) is 0 Å². The molecule has 1 aliphatic rings. The number of fused-ring (bicyclic) bond motifs is 2. The van der Waals surface area contributed by atoms with Crippen LogP contribution in [0.15, 0.2) is 42.7 Å². The highest BCUT2D eigenvalue weighted by Gasteiger charge is 2.16. The van der Waals surface area contributed by atoms with Crippen molar-refractivity contribution < 1.29 is 14.8 Å². The fourth-order valence-corrected chi connectivity index (χ4v) is 3.55. The first-order chi connectivity index (χ1) is 12.8. The van der Waals surface area contributed by atoms with Crippen LogP contribution in [0.1, 0.15) is 18.4 Å². The molecule has 0 saturated heterocycles. The molecule has 2 heterocycles. The molecule has 2 aromatic carbocycles. The standard InChI is InChI=1S/C20H22ClN3O2/c21-16-11-15(12-19-20(16)26-10-4-9-25-19)13-22-7-3-8-24-14-23-17-5-1-2-6-18(17)24/h1-2,5-6,11-12,14,22H,3-4,7-10,13H2/p+1. The summed E-state index contributed by atoms with van der Waals surface area (Å²) in [6.45, 7) is 4.22. The van der Waals surface area contributed by atoms with Gasteiger partial charge in [-0.1, -0.05) is 23.7 Å². The molecule has 26 heavy (non-hydrogen) atoms. The summed E-state index contributed by atoms with van der Waals surface area (Å²) in [5.41, 5.74) is 3.41. The zero-order valence-electron chi connectivity index (χ0n) is 14.7. The number of ether oxygens (including phenoxy) is 2. The van der Waals surface area contributed by atoms with E-state index in [1.165, 1.54) is 5.52 Å². The van der Waals surface area contributed by atoms with Crippen LogP contribution in [-0.2, 0) is 13.1 Å². The lowest BCUT2D eigenvalue weighted by atomic mass is 10.2. The van der Waals surface area contributed by atoms with Crippen LogP contribution in [-0.4, -0.2) is 29.3 Å². The minimum Gasteiger partial charge on any atom is -0.489 e. The lowest BCUT2D eigenvalue weighted by Gasteiger charge is -2.11. The molecule has 0 radical (unpaired) electrons. The molecule has 2 N–H and O–H groups in total. The van der Waals surface area contributed by atoms with Crippen molar-refractivity contribution >= 4 is 22.6 Å². The van der Waals surface area contributed by atoms with Crippen molar-refractivity contribution in [1.82, 2.24) is 9.55 Å². The number of para-hydroxylation sites is 2. The number of hydrogen-bond acceptors (Lipinski definition) is 3. The van der Waals surface area contributed by atoms with Gasteiger partial charge in [-0.25, -0.2) is 4.98 Å². The molecule has 0 unspecified atom stereocenters. The Labute approximate surface area is 157 Å².